The standard InChI is InChI=1S/C23H37F3N2O4/c1-16-11-18(19(13-29)23(24,25)26)20(16)21(30)28-6-4-22(5-7-28)15-27(8-10-32-22)12-17-3-2-9-31-14-17/h16-20,29H,2-15H2,1H3/t16?,17?,18?,19-,20?/m0/s1. The number of amides is 1. The number of alkyl halides is 3. The van der Waals surface area contributed by atoms with Gasteiger partial charge >= 0.3 is 6.18 Å². The third-order valence-electron chi connectivity index (χ3n) is 8.22. The quantitative estimate of drug-likeness (QED) is 0.681. The number of ether oxygens (including phenoxy) is 2. The normalized spacial score (nSPS) is 34.8. The minimum atomic E-state index is -4.48. The highest BCUT2D eigenvalue weighted by Crippen LogP contribution is 2.50. The van der Waals surface area contributed by atoms with Gasteiger partial charge in [-0.3, -0.25) is 9.69 Å². The molecule has 1 N–H and O–H groups in total. The summed E-state index contributed by atoms with van der Waals surface area (Å²) in [7, 11) is 0. The number of halogens is 3. The smallest absolute Gasteiger partial charge is 0.394 e. The zero-order valence-electron chi connectivity index (χ0n) is 19.0. The largest absolute Gasteiger partial charge is 0.396 e. The number of nitrogens with zero attached hydrogens (tertiary/aromatic N) is 2. The van der Waals surface area contributed by atoms with Crippen LogP contribution in [-0.4, -0.2) is 91.7 Å². The summed E-state index contributed by atoms with van der Waals surface area (Å²) in [6, 6.07) is 0. The molecule has 4 rings (SSSR count). The minimum absolute atomic E-state index is 0.0843. The van der Waals surface area contributed by atoms with Crippen molar-refractivity contribution in [1.82, 2.24) is 9.80 Å². The van der Waals surface area contributed by atoms with Crippen molar-refractivity contribution < 1.29 is 32.5 Å². The van der Waals surface area contributed by atoms with Gasteiger partial charge in [0.15, 0.2) is 0 Å². The Labute approximate surface area is 188 Å². The van der Waals surface area contributed by atoms with Crippen LogP contribution in [0.3, 0.4) is 0 Å². The van der Waals surface area contributed by atoms with Gasteiger partial charge in [0, 0.05) is 45.2 Å². The van der Waals surface area contributed by atoms with E-state index in [0.717, 1.165) is 39.3 Å². The van der Waals surface area contributed by atoms with Gasteiger partial charge in [-0.15, -0.1) is 0 Å². The SMILES string of the molecule is CC1CC([C@H](CO)C(F)(F)F)C1C(=O)N1CCC2(CC1)CN(CC1CCCOC1)CCO2. The highest BCUT2D eigenvalue weighted by atomic mass is 19.4. The van der Waals surface area contributed by atoms with Crippen LogP contribution < -0.4 is 0 Å². The van der Waals surface area contributed by atoms with Crippen molar-refractivity contribution in [3.05, 3.63) is 0 Å². The lowest BCUT2D eigenvalue weighted by atomic mass is 9.60. The molecule has 3 saturated heterocycles. The van der Waals surface area contributed by atoms with Gasteiger partial charge in [0.1, 0.15) is 0 Å². The molecule has 184 valence electrons. The summed E-state index contributed by atoms with van der Waals surface area (Å²) in [5, 5.41) is 9.33. The number of likely N-dealkylation sites (tertiary alicyclic amines) is 1. The van der Waals surface area contributed by atoms with E-state index in [9.17, 15) is 23.1 Å². The lowest BCUT2D eigenvalue weighted by molar-refractivity contribution is -0.221. The van der Waals surface area contributed by atoms with Crippen LogP contribution >= 0.6 is 0 Å². The summed E-state index contributed by atoms with van der Waals surface area (Å²) >= 11 is 0. The van der Waals surface area contributed by atoms with Crippen molar-refractivity contribution in [1.29, 1.82) is 0 Å². The molecule has 1 aliphatic carbocycles. The third-order valence-corrected chi connectivity index (χ3v) is 8.22. The second kappa shape index (κ2) is 9.76. The van der Waals surface area contributed by atoms with Crippen LogP contribution in [0.25, 0.3) is 0 Å². The van der Waals surface area contributed by atoms with E-state index in [4.69, 9.17) is 9.47 Å². The molecule has 1 spiro atoms. The highest BCUT2D eigenvalue weighted by Gasteiger charge is 2.56. The lowest BCUT2D eigenvalue weighted by Gasteiger charge is -2.51. The topological polar surface area (TPSA) is 62.2 Å². The van der Waals surface area contributed by atoms with Gasteiger partial charge in [-0.05, 0) is 49.9 Å². The molecule has 1 saturated carbocycles. The Morgan fingerprint density at radius 2 is 1.97 bits per heavy atom. The van der Waals surface area contributed by atoms with Gasteiger partial charge in [-0.1, -0.05) is 6.92 Å². The Morgan fingerprint density at radius 1 is 1.22 bits per heavy atom. The number of carbonyl (C=O) groups is 1. The first-order valence-electron chi connectivity index (χ1n) is 12.1. The zero-order valence-corrected chi connectivity index (χ0v) is 19.0. The number of aliphatic hydroxyl groups is 1. The van der Waals surface area contributed by atoms with Crippen molar-refractivity contribution in [2.24, 2.45) is 29.6 Å². The Kier molecular flexibility index (Phi) is 7.39. The molecule has 3 aliphatic heterocycles. The lowest BCUT2D eigenvalue weighted by Crippen LogP contribution is -2.60. The molecule has 1 amide bonds. The van der Waals surface area contributed by atoms with E-state index >= 15 is 0 Å². The van der Waals surface area contributed by atoms with Crippen molar-refractivity contribution in [3.63, 3.8) is 0 Å². The zero-order chi connectivity index (χ0) is 22.9. The Bertz CT molecular complexity index is 648. The predicted octanol–water partition coefficient (Wildman–Crippen LogP) is 2.55. The molecule has 5 atom stereocenters. The predicted molar refractivity (Wildman–Crippen MR) is 112 cm³/mol. The second-order valence-electron chi connectivity index (χ2n) is 10.4. The molecule has 0 bridgehead atoms. The fraction of sp³-hybridized carbons (Fsp3) is 0.957. The molecule has 6 nitrogen and oxygen atoms in total. The average Bonchev–Trinajstić information content (AvgIpc) is 2.74. The maximum Gasteiger partial charge on any atom is 0.394 e. The Morgan fingerprint density at radius 3 is 2.56 bits per heavy atom. The number of carbonyl (C=O) groups excluding carboxylic acids is 1. The van der Waals surface area contributed by atoms with Crippen molar-refractivity contribution >= 4 is 5.91 Å². The van der Waals surface area contributed by atoms with Gasteiger partial charge in [0.2, 0.25) is 5.91 Å². The van der Waals surface area contributed by atoms with E-state index in [0.29, 0.717) is 44.9 Å². The maximum absolute atomic E-state index is 13.3. The number of piperidine rings is 1. The molecule has 0 aromatic rings. The molecular weight excluding hydrogens is 425 g/mol. The van der Waals surface area contributed by atoms with Crippen LogP contribution in [0.4, 0.5) is 13.2 Å². The van der Waals surface area contributed by atoms with Gasteiger partial charge in [0.25, 0.3) is 0 Å². The molecule has 4 unspecified atom stereocenters. The van der Waals surface area contributed by atoms with Crippen LogP contribution in [-0.2, 0) is 14.3 Å². The Balaban J connectivity index is 1.32. The summed E-state index contributed by atoms with van der Waals surface area (Å²) in [5.74, 6) is -3.00. The molecular formula is C23H37F3N2O4. The Hall–Kier alpha value is -0.900. The molecule has 0 radical (unpaired) electrons. The first-order chi connectivity index (χ1) is 15.2. The molecule has 9 heteroatoms. The monoisotopic (exact) mass is 462 g/mol. The van der Waals surface area contributed by atoms with Crippen LogP contribution in [0.2, 0.25) is 0 Å². The van der Waals surface area contributed by atoms with E-state index in [1.54, 1.807) is 4.90 Å². The van der Waals surface area contributed by atoms with E-state index in [1.807, 2.05) is 6.92 Å². The molecule has 32 heavy (non-hydrogen) atoms. The summed E-state index contributed by atoms with van der Waals surface area (Å²) < 4.78 is 51.8. The number of aliphatic hydroxyl groups excluding tert-OH is 1. The molecule has 3 heterocycles. The van der Waals surface area contributed by atoms with Crippen LogP contribution in [0.15, 0.2) is 0 Å². The summed E-state index contributed by atoms with van der Waals surface area (Å²) in [5.41, 5.74) is -0.269. The number of morpholine rings is 1. The number of hydrogen-bond acceptors (Lipinski definition) is 5. The molecule has 4 fully saturated rings. The van der Waals surface area contributed by atoms with Crippen molar-refractivity contribution in [2.75, 3.05) is 59.2 Å². The van der Waals surface area contributed by atoms with Gasteiger partial charge in [-0.25, -0.2) is 0 Å². The number of rotatable bonds is 5. The summed E-state index contributed by atoms with van der Waals surface area (Å²) in [6.07, 6.45) is -0.409. The van der Waals surface area contributed by atoms with Crippen LogP contribution in [0.5, 0.6) is 0 Å². The minimum Gasteiger partial charge on any atom is -0.396 e. The molecule has 0 aromatic carbocycles. The molecule has 4 aliphatic rings. The first kappa shape index (κ1) is 24.2. The van der Waals surface area contributed by atoms with E-state index in [-0.39, 0.29) is 17.4 Å². The third kappa shape index (κ3) is 5.10. The van der Waals surface area contributed by atoms with Crippen molar-refractivity contribution in [3.8, 4) is 0 Å². The first-order valence-corrected chi connectivity index (χ1v) is 12.1. The van der Waals surface area contributed by atoms with E-state index in [2.05, 4.69) is 4.90 Å². The van der Waals surface area contributed by atoms with Crippen LogP contribution in [0, 0.1) is 29.6 Å². The summed E-state index contributed by atoms with van der Waals surface area (Å²) in [6.45, 7) is 7.03. The van der Waals surface area contributed by atoms with Gasteiger partial charge in [0.05, 0.1) is 31.3 Å². The fourth-order valence-electron chi connectivity index (χ4n) is 6.32. The highest BCUT2D eigenvalue weighted by molar-refractivity contribution is 5.80. The fourth-order valence-corrected chi connectivity index (χ4v) is 6.32. The van der Waals surface area contributed by atoms with Crippen LogP contribution in [0.1, 0.15) is 39.0 Å². The van der Waals surface area contributed by atoms with E-state index in [1.165, 1.54) is 6.42 Å². The van der Waals surface area contributed by atoms with Gasteiger partial charge < -0.3 is 19.5 Å². The van der Waals surface area contributed by atoms with E-state index < -0.39 is 30.5 Å². The number of hydrogen-bond donors (Lipinski definition) is 1. The molecule has 0 aromatic heterocycles. The average molecular weight is 463 g/mol. The maximum atomic E-state index is 13.3. The van der Waals surface area contributed by atoms with Crippen molar-refractivity contribution in [2.45, 2.75) is 50.8 Å². The summed E-state index contributed by atoms with van der Waals surface area (Å²) in [4.78, 5) is 17.4. The van der Waals surface area contributed by atoms with Gasteiger partial charge in [-0.2, -0.15) is 13.2 Å². The second-order valence-corrected chi connectivity index (χ2v) is 10.4.